The number of pyridine rings is 1. The number of nitrogens with one attached hydrogen (secondary N) is 1. The molecular formula is C28H32BN7O3. The van der Waals surface area contributed by atoms with Crippen LogP contribution in [0.5, 0.6) is 0 Å². The minimum absolute atomic E-state index is 0.00358. The van der Waals surface area contributed by atoms with Crippen molar-refractivity contribution in [3.8, 4) is 0 Å². The van der Waals surface area contributed by atoms with Crippen LogP contribution in [0.25, 0.3) is 10.9 Å². The van der Waals surface area contributed by atoms with Crippen LogP contribution >= 0.6 is 0 Å². The first-order valence-electron chi connectivity index (χ1n) is 12.7. The molecule has 1 aromatic carbocycles. The molecule has 39 heavy (non-hydrogen) atoms. The van der Waals surface area contributed by atoms with Gasteiger partial charge in [-0.1, -0.05) is 12.1 Å². The third-order valence-electron chi connectivity index (χ3n) is 6.54. The Morgan fingerprint density at radius 3 is 2.49 bits per heavy atom. The highest BCUT2D eigenvalue weighted by Gasteiger charge is 2.22. The van der Waals surface area contributed by atoms with Gasteiger partial charge < -0.3 is 19.7 Å². The van der Waals surface area contributed by atoms with Crippen molar-refractivity contribution in [2.24, 2.45) is 0 Å². The van der Waals surface area contributed by atoms with Crippen LogP contribution in [0.3, 0.4) is 0 Å². The molecule has 0 saturated carbocycles. The van der Waals surface area contributed by atoms with Crippen LogP contribution in [-0.4, -0.2) is 69.5 Å². The van der Waals surface area contributed by atoms with Gasteiger partial charge >= 0.3 is 0 Å². The molecule has 0 aliphatic carbocycles. The van der Waals surface area contributed by atoms with Gasteiger partial charge in [-0.3, -0.25) is 19.4 Å². The molecule has 3 heterocycles. The second-order valence-electron chi connectivity index (χ2n) is 9.75. The predicted molar refractivity (Wildman–Crippen MR) is 153 cm³/mol. The van der Waals surface area contributed by atoms with E-state index in [9.17, 15) is 14.4 Å². The van der Waals surface area contributed by atoms with Gasteiger partial charge in [0.25, 0.3) is 0 Å². The Balaban J connectivity index is 1.52. The molecule has 3 aromatic heterocycles. The van der Waals surface area contributed by atoms with Crippen molar-refractivity contribution in [3.63, 3.8) is 0 Å². The molecule has 0 fully saturated rings. The van der Waals surface area contributed by atoms with Crippen LogP contribution in [0.4, 0.5) is 11.4 Å². The fraction of sp³-hybridized carbons (Fsp3) is 0.286. The minimum atomic E-state index is -0.264. The van der Waals surface area contributed by atoms with Crippen LogP contribution in [0.1, 0.15) is 36.8 Å². The van der Waals surface area contributed by atoms with Crippen LogP contribution in [0, 0.1) is 0 Å². The molecule has 0 radical (unpaired) electrons. The summed E-state index contributed by atoms with van der Waals surface area (Å²) in [5, 5.41) is 3.60. The first kappa shape index (κ1) is 27.5. The maximum absolute atomic E-state index is 13.4. The van der Waals surface area contributed by atoms with Crippen LogP contribution in [0.15, 0.2) is 61.3 Å². The number of hydrogen-bond donors (Lipinski definition) is 1. The van der Waals surface area contributed by atoms with E-state index in [1.807, 2.05) is 70.0 Å². The van der Waals surface area contributed by atoms with Crippen molar-refractivity contribution in [2.45, 2.75) is 39.9 Å². The number of hydrogen-bond acceptors (Lipinski definition) is 7. The van der Waals surface area contributed by atoms with Gasteiger partial charge in [0.05, 0.1) is 36.9 Å². The van der Waals surface area contributed by atoms with Crippen molar-refractivity contribution < 1.29 is 14.4 Å². The number of benzene rings is 1. The number of carbonyl (C=O) groups is 3. The van der Waals surface area contributed by atoms with Gasteiger partial charge in [-0.25, -0.2) is 9.97 Å². The Kier molecular flexibility index (Phi) is 8.38. The van der Waals surface area contributed by atoms with E-state index in [1.165, 1.54) is 18.2 Å². The molecule has 4 rings (SSSR count). The van der Waals surface area contributed by atoms with Crippen LogP contribution < -0.4 is 15.8 Å². The highest BCUT2D eigenvalue weighted by molar-refractivity contribution is 6.30. The summed E-state index contributed by atoms with van der Waals surface area (Å²) in [6.07, 6.45) is 6.60. The molecule has 4 aromatic rings. The first-order valence-corrected chi connectivity index (χ1v) is 12.7. The summed E-state index contributed by atoms with van der Waals surface area (Å²) >= 11 is 0. The van der Waals surface area contributed by atoms with Gasteiger partial charge in [0, 0.05) is 41.4 Å². The fourth-order valence-electron chi connectivity index (χ4n) is 4.41. The highest BCUT2D eigenvalue weighted by atomic mass is 16.2. The molecule has 0 aliphatic heterocycles. The summed E-state index contributed by atoms with van der Waals surface area (Å²) in [6, 6.07) is 11.2. The zero-order chi connectivity index (χ0) is 28.1. The molecule has 200 valence electrons. The molecule has 0 saturated heterocycles. The maximum atomic E-state index is 13.4. The lowest BCUT2D eigenvalue weighted by Crippen LogP contribution is -2.45. The molecule has 0 aliphatic rings. The summed E-state index contributed by atoms with van der Waals surface area (Å²) in [7, 11) is 3.79. The number of Topliss-reactive ketones (excluding diaryl/α,β-unsaturated/α-hetero) is 1. The zero-order valence-corrected chi connectivity index (χ0v) is 22.9. The lowest BCUT2D eigenvalue weighted by atomic mass is 10.0. The number of carbonyl (C=O) groups excluding carboxylic acids is 3. The van der Waals surface area contributed by atoms with E-state index >= 15 is 0 Å². The number of nitrogens with zero attached hydrogens (tertiary/aromatic N) is 6. The number of aromatic nitrogens is 4. The summed E-state index contributed by atoms with van der Waals surface area (Å²) in [6.45, 7) is 5.47. The average molecular weight is 525 g/mol. The monoisotopic (exact) mass is 525 g/mol. The van der Waals surface area contributed by atoms with Crippen LogP contribution in [-0.2, 0) is 22.7 Å². The molecule has 1 N–H and O–H groups in total. The summed E-state index contributed by atoms with van der Waals surface area (Å²) in [5.41, 5.74) is 4.57. The molecule has 2 amide bonds. The van der Waals surface area contributed by atoms with E-state index in [0.717, 1.165) is 33.6 Å². The summed E-state index contributed by atoms with van der Waals surface area (Å²) in [5.74, 6) is -0.581. The first-order chi connectivity index (χ1) is 18.6. The number of rotatable bonds is 10. The smallest absolute Gasteiger partial charge is 0.243 e. The lowest BCUT2D eigenvalue weighted by Gasteiger charge is -2.26. The predicted octanol–water partition coefficient (Wildman–Crippen LogP) is 1.61. The van der Waals surface area contributed by atoms with Gasteiger partial charge in [-0.05, 0) is 50.6 Å². The largest absolute Gasteiger partial charge is 0.349 e. The van der Waals surface area contributed by atoms with Crippen molar-refractivity contribution >= 4 is 53.3 Å². The third-order valence-corrected chi connectivity index (χ3v) is 6.54. The minimum Gasteiger partial charge on any atom is -0.349 e. The van der Waals surface area contributed by atoms with E-state index in [-0.39, 0.29) is 43.3 Å². The Bertz CT molecular complexity index is 1500. The second kappa shape index (κ2) is 11.9. The zero-order valence-electron chi connectivity index (χ0n) is 22.9. The number of ketones is 1. The van der Waals surface area contributed by atoms with Gasteiger partial charge in [0.15, 0.2) is 13.6 Å². The summed E-state index contributed by atoms with van der Waals surface area (Å²) < 4.78 is 1.77. The topological polar surface area (TPSA) is 113 Å². The lowest BCUT2D eigenvalue weighted by molar-refractivity contribution is -0.138. The van der Waals surface area contributed by atoms with E-state index in [4.69, 9.17) is 0 Å². The van der Waals surface area contributed by atoms with E-state index in [0.29, 0.717) is 5.56 Å². The molecule has 0 bridgehead atoms. The van der Waals surface area contributed by atoms with Gasteiger partial charge in [0.1, 0.15) is 12.9 Å². The molecule has 0 spiro atoms. The summed E-state index contributed by atoms with van der Waals surface area (Å²) in [4.78, 5) is 54.6. The number of amides is 2. The van der Waals surface area contributed by atoms with Gasteiger partial charge in [0.2, 0.25) is 11.8 Å². The normalized spacial score (nSPS) is 11.0. The van der Waals surface area contributed by atoms with Crippen molar-refractivity contribution in [1.82, 2.24) is 29.7 Å². The molecular weight excluding hydrogens is 493 g/mol. The third kappa shape index (κ3) is 6.49. The van der Waals surface area contributed by atoms with Gasteiger partial charge in [-0.2, -0.15) is 0 Å². The molecule has 11 heteroatoms. The number of fused-ring (bicyclic) bond motifs is 1. The molecule has 0 unspecified atom stereocenters. The van der Waals surface area contributed by atoms with Crippen molar-refractivity contribution in [2.75, 3.05) is 18.5 Å². The quantitative estimate of drug-likeness (QED) is 0.247. The van der Waals surface area contributed by atoms with Gasteiger partial charge in [-0.15, -0.1) is 0 Å². The van der Waals surface area contributed by atoms with E-state index in [1.54, 1.807) is 23.2 Å². The SMILES string of the molecule is Bc1cccc(CNC(=O)CN(C(=O)Cn2cc(C(C)=O)c3cc(N(C)c4cncnc4)ccc32)C(C)C)n1. The fourth-order valence-corrected chi connectivity index (χ4v) is 4.41. The molecule has 0 atom stereocenters. The van der Waals surface area contributed by atoms with E-state index < -0.39 is 0 Å². The van der Waals surface area contributed by atoms with Crippen LogP contribution in [0.2, 0.25) is 0 Å². The Labute approximate surface area is 228 Å². The molecule has 10 nitrogen and oxygen atoms in total. The Hall–Kier alpha value is -4.54. The average Bonchev–Trinajstić information content (AvgIpc) is 3.28. The Morgan fingerprint density at radius 1 is 1.08 bits per heavy atom. The Morgan fingerprint density at radius 2 is 1.82 bits per heavy atom. The van der Waals surface area contributed by atoms with E-state index in [2.05, 4.69) is 20.3 Å². The van der Waals surface area contributed by atoms with Crippen molar-refractivity contribution in [3.05, 3.63) is 72.6 Å². The second-order valence-corrected chi connectivity index (χ2v) is 9.75. The standard InChI is InChI=1S/C28H32BN7O3/c1-18(2)36(15-27(38)32-11-20-6-5-7-26(29)33-20)28(39)16-35-14-24(19(3)37)23-10-21(8-9-25(23)35)34(4)22-12-30-17-31-13-22/h5-10,12-14,17-18H,11,15-16,29H2,1-4H3,(H,32,38). The highest BCUT2D eigenvalue weighted by Crippen LogP contribution is 2.30. The maximum Gasteiger partial charge on any atom is 0.243 e. The number of anilines is 2. The van der Waals surface area contributed by atoms with Crippen molar-refractivity contribution in [1.29, 1.82) is 0 Å².